The molecule has 6 heteroatoms. The van der Waals surface area contributed by atoms with Gasteiger partial charge in [-0.3, -0.25) is 4.79 Å². The van der Waals surface area contributed by atoms with E-state index in [0.717, 1.165) is 23.7 Å². The minimum absolute atomic E-state index is 0.000139. The van der Waals surface area contributed by atoms with Gasteiger partial charge < -0.3 is 15.4 Å². The summed E-state index contributed by atoms with van der Waals surface area (Å²) in [6.45, 7) is 7.66. The number of nitrogens with one attached hydrogen (secondary N) is 2. The van der Waals surface area contributed by atoms with Crippen LogP contribution in [0.3, 0.4) is 0 Å². The summed E-state index contributed by atoms with van der Waals surface area (Å²) < 4.78 is 7.35. The number of carbonyl (C=O) groups excluding carboxylic acids is 1. The monoisotopic (exact) mass is 250 g/mol. The number of anilines is 2. The van der Waals surface area contributed by atoms with Crippen molar-refractivity contribution in [3.8, 4) is 0 Å². The highest BCUT2D eigenvalue weighted by Gasteiger charge is 2.49. The van der Waals surface area contributed by atoms with Crippen LogP contribution < -0.4 is 10.6 Å². The highest BCUT2D eigenvalue weighted by molar-refractivity contribution is 6.00. The molecule has 3 heterocycles. The fraction of sp³-hybridized carbons (Fsp3) is 0.667. The molecule has 0 bridgehead atoms. The second kappa shape index (κ2) is 3.71. The number of rotatable bonds is 1. The number of aryl methyl sites for hydroxylation is 2. The molecule has 1 amide bonds. The molecule has 0 aliphatic carbocycles. The summed E-state index contributed by atoms with van der Waals surface area (Å²) in [6.07, 6.45) is 0. The fourth-order valence-electron chi connectivity index (χ4n) is 2.63. The average Bonchev–Trinajstić information content (AvgIpc) is 2.82. The van der Waals surface area contributed by atoms with Crippen LogP contribution in [0.25, 0.3) is 0 Å². The number of ether oxygens (including phenoxy) is 1. The second-order valence-corrected chi connectivity index (χ2v) is 5.21. The molecule has 1 aromatic rings. The number of amides is 1. The van der Waals surface area contributed by atoms with Crippen LogP contribution in [0.15, 0.2) is 0 Å². The van der Waals surface area contributed by atoms with Gasteiger partial charge in [0.2, 0.25) is 5.91 Å². The van der Waals surface area contributed by atoms with E-state index in [1.807, 2.05) is 25.5 Å². The van der Waals surface area contributed by atoms with E-state index in [1.165, 1.54) is 0 Å². The van der Waals surface area contributed by atoms with Crippen LogP contribution >= 0.6 is 0 Å². The van der Waals surface area contributed by atoms with E-state index < -0.39 is 5.41 Å². The Morgan fingerprint density at radius 1 is 1.61 bits per heavy atom. The third kappa shape index (κ3) is 1.38. The van der Waals surface area contributed by atoms with Crippen molar-refractivity contribution in [2.45, 2.75) is 33.4 Å². The summed E-state index contributed by atoms with van der Waals surface area (Å²) in [6, 6.07) is 0.000139. The van der Waals surface area contributed by atoms with Gasteiger partial charge in [-0.25, -0.2) is 4.68 Å². The van der Waals surface area contributed by atoms with Crippen molar-refractivity contribution in [1.29, 1.82) is 0 Å². The van der Waals surface area contributed by atoms with Crippen LogP contribution in [0.5, 0.6) is 0 Å². The van der Waals surface area contributed by atoms with Crippen LogP contribution in [0.4, 0.5) is 11.5 Å². The number of aromatic nitrogens is 2. The molecule has 0 radical (unpaired) electrons. The van der Waals surface area contributed by atoms with Gasteiger partial charge in [0, 0.05) is 6.54 Å². The predicted octanol–water partition coefficient (Wildman–Crippen LogP) is 0.981. The van der Waals surface area contributed by atoms with Gasteiger partial charge in [0.05, 0.1) is 30.4 Å². The predicted molar refractivity (Wildman–Crippen MR) is 67.6 cm³/mol. The van der Waals surface area contributed by atoms with Crippen molar-refractivity contribution >= 4 is 17.4 Å². The Balaban J connectivity index is 2.09. The Bertz CT molecular complexity index is 510. The third-order valence-electron chi connectivity index (χ3n) is 3.95. The summed E-state index contributed by atoms with van der Waals surface area (Å²) in [4.78, 5) is 12.4. The van der Waals surface area contributed by atoms with Gasteiger partial charge in [-0.05, 0) is 20.8 Å². The van der Waals surface area contributed by atoms with Gasteiger partial charge in [0.15, 0.2) is 0 Å². The molecule has 0 spiro atoms. The number of hydrogen-bond donors (Lipinski definition) is 2. The lowest BCUT2D eigenvalue weighted by Gasteiger charge is -2.25. The van der Waals surface area contributed by atoms with Gasteiger partial charge in [-0.15, -0.1) is 0 Å². The van der Waals surface area contributed by atoms with Crippen molar-refractivity contribution < 1.29 is 9.53 Å². The van der Waals surface area contributed by atoms with Crippen LogP contribution in [-0.4, -0.2) is 34.9 Å². The Kier molecular flexibility index (Phi) is 2.38. The lowest BCUT2D eigenvalue weighted by Crippen LogP contribution is -2.44. The van der Waals surface area contributed by atoms with E-state index in [4.69, 9.17) is 4.74 Å². The van der Waals surface area contributed by atoms with Gasteiger partial charge >= 0.3 is 0 Å². The lowest BCUT2D eigenvalue weighted by molar-refractivity contribution is -0.124. The number of fused-ring (bicyclic) bond motifs is 2. The highest BCUT2D eigenvalue weighted by atomic mass is 16.5. The number of nitrogens with zero attached hydrogens (tertiary/aromatic N) is 2. The van der Waals surface area contributed by atoms with Crippen molar-refractivity contribution in [1.82, 2.24) is 9.78 Å². The van der Waals surface area contributed by atoms with Gasteiger partial charge in [-0.2, -0.15) is 5.10 Å². The first kappa shape index (κ1) is 11.5. The molecule has 3 rings (SSSR count). The molecule has 98 valence electrons. The normalized spacial score (nSPS) is 30.2. The molecule has 0 aromatic carbocycles. The van der Waals surface area contributed by atoms with E-state index in [0.29, 0.717) is 13.2 Å². The van der Waals surface area contributed by atoms with Crippen molar-refractivity contribution in [2.75, 3.05) is 23.8 Å². The molecule has 18 heavy (non-hydrogen) atoms. The Labute approximate surface area is 106 Å². The largest absolute Gasteiger partial charge is 0.378 e. The fourth-order valence-corrected chi connectivity index (χ4v) is 2.63. The topological polar surface area (TPSA) is 68.2 Å². The third-order valence-corrected chi connectivity index (χ3v) is 3.95. The van der Waals surface area contributed by atoms with Gasteiger partial charge in [0.25, 0.3) is 0 Å². The van der Waals surface area contributed by atoms with Crippen molar-refractivity contribution in [3.63, 3.8) is 0 Å². The maximum absolute atomic E-state index is 12.4. The average molecular weight is 250 g/mol. The standard InChI is InChI=1S/C12H18N4O2/c1-4-16-10-9(7(2)15-16)14-11(17)12(3)6-18-5-8(12)13-10/h8,13H,4-6H2,1-3H3,(H,14,17). The smallest absolute Gasteiger partial charge is 0.234 e. The zero-order valence-corrected chi connectivity index (χ0v) is 10.9. The van der Waals surface area contributed by atoms with E-state index in [9.17, 15) is 4.79 Å². The molecule has 1 saturated heterocycles. The zero-order chi connectivity index (χ0) is 12.9. The van der Waals surface area contributed by atoms with E-state index in [1.54, 1.807) is 0 Å². The molecular formula is C12H18N4O2. The summed E-state index contributed by atoms with van der Waals surface area (Å²) >= 11 is 0. The first-order chi connectivity index (χ1) is 8.56. The summed E-state index contributed by atoms with van der Waals surface area (Å²) in [5.74, 6) is 0.901. The SMILES string of the molecule is CCn1nc(C)c2c1NC1COCC1(C)C(=O)N2. The first-order valence-corrected chi connectivity index (χ1v) is 6.29. The highest BCUT2D eigenvalue weighted by Crippen LogP contribution is 2.39. The summed E-state index contributed by atoms with van der Waals surface area (Å²) in [5.41, 5.74) is 1.14. The van der Waals surface area contributed by atoms with Crippen LogP contribution in [0.2, 0.25) is 0 Å². The van der Waals surface area contributed by atoms with E-state index >= 15 is 0 Å². The maximum atomic E-state index is 12.4. The summed E-state index contributed by atoms with van der Waals surface area (Å²) in [7, 11) is 0. The van der Waals surface area contributed by atoms with Crippen molar-refractivity contribution in [2.24, 2.45) is 5.41 Å². The van der Waals surface area contributed by atoms with E-state index in [-0.39, 0.29) is 11.9 Å². The molecule has 2 aliphatic heterocycles. The van der Waals surface area contributed by atoms with Crippen molar-refractivity contribution in [3.05, 3.63) is 5.69 Å². The molecule has 6 nitrogen and oxygen atoms in total. The molecule has 2 unspecified atom stereocenters. The molecule has 1 aromatic heterocycles. The van der Waals surface area contributed by atoms with E-state index in [2.05, 4.69) is 15.7 Å². The Morgan fingerprint density at radius 2 is 2.39 bits per heavy atom. The molecule has 0 saturated carbocycles. The van der Waals surface area contributed by atoms with Crippen LogP contribution in [-0.2, 0) is 16.1 Å². The Morgan fingerprint density at radius 3 is 3.11 bits per heavy atom. The lowest BCUT2D eigenvalue weighted by atomic mass is 9.84. The number of carbonyl (C=O) groups is 1. The molecule has 2 N–H and O–H groups in total. The maximum Gasteiger partial charge on any atom is 0.234 e. The minimum atomic E-state index is -0.510. The molecule has 1 fully saturated rings. The summed E-state index contributed by atoms with van der Waals surface area (Å²) in [5, 5.41) is 10.8. The molecule has 2 atom stereocenters. The zero-order valence-electron chi connectivity index (χ0n) is 10.9. The second-order valence-electron chi connectivity index (χ2n) is 5.21. The van der Waals surface area contributed by atoms with Crippen LogP contribution in [0, 0.1) is 12.3 Å². The minimum Gasteiger partial charge on any atom is -0.378 e. The first-order valence-electron chi connectivity index (χ1n) is 6.29. The molecular weight excluding hydrogens is 232 g/mol. The van der Waals surface area contributed by atoms with Gasteiger partial charge in [-0.1, -0.05) is 0 Å². The van der Waals surface area contributed by atoms with Gasteiger partial charge in [0.1, 0.15) is 11.5 Å². The number of hydrogen-bond acceptors (Lipinski definition) is 4. The quantitative estimate of drug-likeness (QED) is 0.779. The Hall–Kier alpha value is -1.56. The van der Waals surface area contributed by atoms with Crippen LogP contribution in [0.1, 0.15) is 19.5 Å². The molecule has 2 aliphatic rings.